The zero-order valence-corrected chi connectivity index (χ0v) is 11.7. The minimum absolute atomic E-state index is 0.0536. The Morgan fingerprint density at radius 2 is 2.29 bits per heavy atom. The molecule has 1 amide bonds. The summed E-state index contributed by atoms with van der Waals surface area (Å²) in [6.45, 7) is 0.316. The summed E-state index contributed by atoms with van der Waals surface area (Å²) >= 11 is 0. The molecule has 2 rings (SSSR count). The molecule has 0 radical (unpaired) electrons. The van der Waals surface area contributed by atoms with Gasteiger partial charge in [0.2, 0.25) is 0 Å². The van der Waals surface area contributed by atoms with Gasteiger partial charge in [0, 0.05) is 44.2 Å². The van der Waals surface area contributed by atoms with E-state index in [0.29, 0.717) is 12.2 Å². The van der Waals surface area contributed by atoms with Crippen LogP contribution in [0.2, 0.25) is 0 Å². The fourth-order valence-corrected chi connectivity index (χ4v) is 1.94. The fourth-order valence-electron chi connectivity index (χ4n) is 1.94. The second kappa shape index (κ2) is 6.04. The Kier molecular flexibility index (Phi) is 4.17. The van der Waals surface area contributed by atoms with Crippen LogP contribution in [0.1, 0.15) is 15.9 Å². The first-order chi connectivity index (χ1) is 10.0. The van der Waals surface area contributed by atoms with Crippen LogP contribution in [0.4, 0.5) is 11.4 Å². The summed E-state index contributed by atoms with van der Waals surface area (Å²) in [5.41, 5.74) is 1.30. The van der Waals surface area contributed by atoms with E-state index < -0.39 is 10.8 Å². The van der Waals surface area contributed by atoms with Crippen LogP contribution in [0, 0.1) is 10.1 Å². The molecule has 1 aromatic heterocycles. The number of hydrogen-bond donors (Lipinski definition) is 2. The van der Waals surface area contributed by atoms with Crippen LogP contribution >= 0.6 is 0 Å². The van der Waals surface area contributed by atoms with Crippen molar-refractivity contribution in [3.8, 4) is 0 Å². The van der Waals surface area contributed by atoms with Gasteiger partial charge >= 0.3 is 0 Å². The highest BCUT2D eigenvalue weighted by molar-refractivity contribution is 5.99. The minimum Gasteiger partial charge on any atom is -0.388 e. The largest absolute Gasteiger partial charge is 0.388 e. The number of rotatable bonds is 5. The van der Waals surface area contributed by atoms with Crippen molar-refractivity contribution >= 4 is 17.3 Å². The zero-order chi connectivity index (χ0) is 15.4. The molecule has 0 fully saturated rings. The van der Waals surface area contributed by atoms with E-state index in [1.54, 1.807) is 32.6 Å². The molecule has 8 nitrogen and oxygen atoms in total. The van der Waals surface area contributed by atoms with Crippen molar-refractivity contribution < 1.29 is 9.72 Å². The quantitative estimate of drug-likeness (QED) is 0.643. The summed E-state index contributed by atoms with van der Waals surface area (Å²) in [5, 5.41) is 20.4. The first-order valence-corrected chi connectivity index (χ1v) is 6.22. The maximum Gasteiger partial charge on any atom is 0.282 e. The Hall–Kier alpha value is -2.90. The maximum absolute atomic E-state index is 12.4. The number of aromatic nitrogens is 2. The molecule has 8 heteroatoms. The number of nitrogens with zero attached hydrogens (tertiary/aromatic N) is 3. The van der Waals surface area contributed by atoms with Crippen molar-refractivity contribution in [2.75, 3.05) is 19.4 Å². The van der Waals surface area contributed by atoms with Crippen LogP contribution in [0.5, 0.6) is 0 Å². The highest BCUT2D eigenvalue weighted by Crippen LogP contribution is 2.24. The summed E-state index contributed by atoms with van der Waals surface area (Å²) in [4.78, 5) is 24.3. The average Bonchev–Trinajstić information content (AvgIpc) is 2.98. The molecule has 0 aliphatic heterocycles. The first kappa shape index (κ1) is 14.5. The van der Waals surface area contributed by atoms with E-state index in [2.05, 4.69) is 15.5 Å². The zero-order valence-electron chi connectivity index (χ0n) is 11.7. The van der Waals surface area contributed by atoms with E-state index in [-0.39, 0.29) is 11.3 Å². The van der Waals surface area contributed by atoms with E-state index in [1.165, 1.54) is 17.0 Å². The fraction of sp³-hybridized carbons (Fsp3) is 0.231. The molecule has 1 aromatic carbocycles. The normalized spacial score (nSPS) is 10.2. The summed E-state index contributed by atoms with van der Waals surface area (Å²) in [5.74, 6) is -0.417. The number of nitro benzene ring substituents is 1. The first-order valence-electron chi connectivity index (χ1n) is 6.22. The third-order valence-corrected chi connectivity index (χ3v) is 3.03. The van der Waals surface area contributed by atoms with Crippen LogP contribution in [-0.4, -0.2) is 40.0 Å². The summed E-state index contributed by atoms with van der Waals surface area (Å²) in [6, 6.07) is 4.36. The number of carbonyl (C=O) groups is 1. The number of hydrogen-bond acceptors (Lipinski definition) is 5. The van der Waals surface area contributed by atoms with Gasteiger partial charge in [-0.15, -0.1) is 0 Å². The van der Waals surface area contributed by atoms with Crippen LogP contribution in [0.3, 0.4) is 0 Å². The lowest BCUT2D eigenvalue weighted by molar-refractivity contribution is -0.385. The van der Waals surface area contributed by atoms with E-state index >= 15 is 0 Å². The van der Waals surface area contributed by atoms with E-state index in [0.717, 1.165) is 5.56 Å². The van der Waals surface area contributed by atoms with Gasteiger partial charge in [-0.3, -0.25) is 20.0 Å². The van der Waals surface area contributed by atoms with Gasteiger partial charge in [-0.05, 0) is 12.1 Å². The molecule has 0 saturated carbocycles. The summed E-state index contributed by atoms with van der Waals surface area (Å²) in [7, 11) is 3.27. The van der Waals surface area contributed by atoms with E-state index in [4.69, 9.17) is 0 Å². The number of amides is 1. The molecule has 0 aliphatic carbocycles. The van der Waals surface area contributed by atoms with Gasteiger partial charge < -0.3 is 10.2 Å². The number of nitro groups is 1. The summed E-state index contributed by atoms with van der Waals surface area (Å²) in [6.07, 6.45) is 3.27. The second-order valence-electron chi connectivity index (χ2n) is 4.51. The molecule has 0 bridgehead atoms. The molecule has 21 heavy (non-hydrogen) atoms. The molecule has 2 N–H and O–H groups in total. The number of nitrogens with one attached hydrogen (secondary N) is 2. The van der Waals surface area contributed by atoms with Gasteiger partial charge in [0.25, 0.3) is 11.6 Å². The van der Waals surface area contributed by atoms with Gasteiger partial charge in [-0.2, -0.15) is 5.10 Å². The van der Waals surface area contributed by atoms with Crippen molar-refractivity contribution in [1.29, 1.82) is 0 Å². The predicted molar refractivity (Wildman–Crippen MR) is 77.0 cm³/mol. The van der Waals surface area contributed by atoms with Gasteiger partial charge in [0.05, 0.1) is 11.1 Å². The number of H-pyrrole nitrogens is 1. The van der Waals surface area contributed by atoms with E-state index in [9.17, 15) is 14.9 Å². The molecule has 0 spiro atoms. The van der Waals surface area contributed by atoms with Crippen LogP contribution in [0.25, 0.3) is 0 Å². The van der Waals surface area contributed by atoms with Crippen molar-refractivity contribution in [3.63, 3.8) is 0 Å². The number of aromatic amines is 1. The highest BCUT2D eigenvalue weighted by Gasteiger charge is 2.23. The molecular formula is C13H15N5O3. The standard InChI is InChI=1S/C13H15N5O3/c1-14-10-3-4-12(18(20)21)11(5-10)13(19)17(2)8-9-6-15-16-7-9/h3-7,14H,8H2,1-2H3,(H,15,16). The Balaban J connectivity index is 2.30. The molecule has 0 aliphatic rings. The number of anilines is 1. The highest BCUT2D eigenvalue weighted by atomic mass is 16.6. The van der Waals surface area contributed by atoms with Crippen molar-refractivity contribution in [3.05, 3.63) is 51.8 Å². The molecule has 0 unspecified atom stereocenters. The predicted octanol–water partition coefficient (Wildman–Crippen LogP) is 1.63. The molecule has 0 saturated heterocycles. The van der Waals surface area contributed by atoms with Gasteiger partial charge in [0.1, 0.15) is 5.56 Å². The number of benzene rings is 1. The molecule has 1 heterocycles. The Morgan fingerprint density at radius 1 is 1.52 bits per heavy atom. The Morgan fingerprint density at radius 3 is 2.86 bits per heavy atom. The average molecular weight is 289 g/mol. The molecule has 0 atom stereocenters. The van der Waals surface area contributed by atoms with Crippen LogP contribution < -0.4 is 5.32 Å². The maximum atomic E-state index is 12.4. The van der Waals surface area contributed by atoms with Crippen LogP contribution in [-0.2, 0) is 6.54 Å². The third kappa shape index (κ3) is 3.16. The van der Waals surface area contributed by atoms with Gasteiger partial charge in [-0.1, -0.05) is 0 Å². The molecular weight excluding hydrogens is 274 g/mol. The van der Waals surface area contributed by atoms with Crippen molar-refractivity contribution in [2.45, 2.75) is 6.54 Å². The lowest BCUT2D eigenvalue weighted by atomic mass is 10.1. The number of carbonyl (C=O) groups excluding carboxylic acids is 1. The van der Waals surface area contributed by atoms with Gasteiger partial charge in [-0.25, -0.2) is 0 Å². The minimum atomic E-state index is -0.557. The smallest absolute Gasteiger partial charge is 0.282 e. The lowest BCUT2D eigenvalue weighted by Gasteiger charge is -2.16. The third-order valence-electron chi connectivity index (χ3n) is 3.03. The lowest BCUT2D eigenvalue weighted by Crippen LogP contribution is -2.26. The monoisotopic (exact) mass is 289 g/mol. The Bertz CT molecular complexity index is 654. The topological polar surface area (TPSA) is 104 Å². The second-order valence-corrected chi connectivity index (χ2v) is 4.51. The Labute approximate surface area is 120 Å². The van der Waals surface area contributed by atoms with Gasteiger partial charge in [0.15, 0.2) is 0 Å². The van der Waals surface area contributed by atoms with Crippen molar-refractivity contribution in [2.24, 2.45) is 0 Å². The van der Waals surface area contributed by atoms with E-state index in [1.807, 2.05) is 0 Å². The SMILES string of the molecule is CNc1ccc([N+](=O)[O-])c(C(=O)N(C)Cc2cn[nH]c2)c1. The van der Waals surface area contributed by atoms with Crippen LogP contribution in [0.15, 0.2) is 30.6 Å². The molecule has 2 aromatic rings. The van der Waals surface area contributed by atoms with Crippen molar-refractivity contribution in [1.82, 2.24) is 15.1 Å². The molecule has 110 valence electrons. The summed E-state index contributed by atoms with van der Waals surface area (Å²) < 4.78 is 0.